The van der Waals surface area contributed by atoms with Gasteiger partial charge in [-0.2, -0.15) is 13.2 Å². The molecule has 0 aromatic carbocycles. The largest absolute Gasteiger partial charge is 0.393 e. The molecule has 110 valence electrons. The van der Waals surface area contributed by atoms with Gasteiger partial charge in [0.1, 0.15) is 5.69 Å². The third-order valence-electron chi connectivity index (χ3n) is 3.18. The maximum Gasteiger partial charge on any atom is 0.393 e. The van der Waals surface area contributed by atoms with Crippen LogP contribution in [0, 0.1) is 5.92 Å². The first-order valence-electron chi connectivity index (χ1n) is 5.96. The van der Waals surface area contributed by atoms with Crippen molar-refractivity contribution < 1.29 is 18.0 Å². The number of nitrogens with zero attached hydrogens (tertiary/aromatic N) is 2. The average Bonchev–Trinajstić information content (AvgIpc) is 2.37. The molecule has 8 heteroatoms. The lowest BCUT2D eigenvalue weighted by atomic mass is 9.97. The highest BCUT2D eigenvalue weighted by atomic mass is 79.9. The smallest absolute Gasteiger partial charge is 0.337 e. The standard InChI is InChI=1S/C12H11BrClF3N2O/c13-8-4-9(14)10(18-5-8)11(20)19-3-1-2-7(6-19)12(15,16)17/h4-5,7H,1-3,6H2. The van der Waals surface area contributed by atoms with E-state index in [1.165, 1.54) is 17.2 Å². The molecule has 2 rings (SSSR count). The number of amides is 1. The van der Waals surface area contributed by atoms with Crippen LogP contribution in [0.4, 0.5) is 13.2 Å². The molecule has 1 unspecified atom stereocenters. The molecule has 0 radical (unpaired) electrons. The molecule has 1 saturated heterocycles. The van der Waals surface area contributed by atoms with Crippen LogP contribution in [-0.4, -0.2) is 35.1 Å². The maximum absolute atomic E-state index is 12.7. The number of carbonyl (C=O) groups is 1. The number of rotatable bonds is 1. The number of aromatic nitrogens is 1. The Morgan fingerprint density at radius 2 is 2.20 bits per heavy atom. The van der Waals surface area contributed by atoms with Gasteiger partial charge in [-0.25, -0.2) is 4.98 Å². The molecule has 1 atom stereocenters. The summed E-state index contributed by atoms with van der Waals surface area (Å²) in [4.78, 5) is 17.3. The zero-order valence-corrected chi connectivity index (χ0v) is 12.6. The summed E-state index contributed by atoms with van der Waals surface area (Å²) in [6.07, 6.45) is -2.51. The van der Waals surface area contributed by atoms with Gasteiger partial charge in [-0.1, -0.05) is 11.6 Å². The molecular formula is C12H11BrClF3N2O. The van der Waals surface area contributed by atoms with Crippen molar-refractivity contribution in [2.45, 2.75) is 19.0 Å². The summed E-state index contributed by atoms with van der Waals surface area (Å²) >= 11 is 9.06. The molecule has 3 nitrogen and oxygen atoms in total. The van der Waals surface area contributed by atoms with Crippen LogP contribution in [0.15, 0.2) is 16.7 Å². The van der Waals surface area contributed by atoms with Crippen molar-refractivity contribution in [3.63, 3.8) is 0 Å². The summed E-state index contributed by atoms with van der Waals surface area (Å²) < 4.78 is 38.8. The molecule has 2 heterocycles. The van der Waals surface area contributed by atoms with E-state index in [1.807, 2.05) is 0 Å². The van der Waals surface area contributed by atoms with Gasteiger partial charge in [-0.05, 0) is 34.8 Å². The normalized spacial score (nSPS) is 20.1. The second-order valence-corrected chi connectivity index (χ2v) is 5.94. The molecule has 1 aromatic heterocycles. The van der Waals surface area contributed by atoms with Crippen molar-refractivity contribution >= 4 is 33.4 Å². The van der Waals surface area contributed by atoms with Crippen molar-refractivity contribution in [2.75, 3.05) is 13.1 Å². The summed E-state index contributed by atoms with van der Waals surface area (Å²) in [6, 6.07) is 1.49. The van der Waals surface area contributed by atoms with E-state index < -0.39 is 18.0 Å². The van der Waals surface area contributed by atoms with Crippen molar-refractivity contribution in [3.8, 4) is 0 Å². The fraction of sp³-hybridized carbons (Fsp3) is 0.500. The second-order valence-electron chi connectivity index (χ2n) is 4.62. The number of hydrogen-bond donors (Lipinski definition) is 0. The molecule has 0 spiro atoms. The molecule has 0 bridgehead atoms. The SMILES string of the molecule is O=C(c1ncc(Br)cc1Cl)N1CCCC(C(F)(F)F)C1. The maximum atomic E-state index is 12.7. The Labute approximate surface area is 127 Å². The fourth-order valence-electron chi connectivity index (χ4n) is 2.15. The van der Waals surface area contributed by atoms with E-state index >= 15 is 0 Å². The van der Waals surface area contributed by atoms with Gasteiger partial charge in [0.2, 0.25) is 0 Å². The quantitative estimate of drug-likeness (QED) is 0.750. The van der Waals surface area contributed by atoms with Gasteiger partial charge in [0, 0.05) is 23.8 Å². The van der Waals surface area contributed by atoms with Gasteiger partial charge in [0.15, 0.2) is 0 Å². The number of halogens is 5. The van der Waals surface area contributed by atoms with Crippen LogP contribution in [0.1, 0.15) is 23.3 Å². The first-order valence-corrected chi connectivity index (χ1v) is 7.13. The second kappa shape index (κ2) is 5.89. The monoisotopic (exact) mass is 370 g/mol. The van der Waals surface area contributed by atoms with Crippen LogP contribution >= 0.6 is 27.5 Å². The Morgan fingerprint density at radius 1 is 1.50 bits per heavy atom. The Balaban J connectivity index is 2.16. The first kappa shape index (κ1) is 15.6. The van der Waals surface area contributed by atoms with Crippen LogP contribution in [0.25, 0.3) is 0 Å². The van der Waals surface area contributed by atoms with Gasteiger partial charge in [0.25, 0.3) is 5.91 Å². The van der Waals surface area contributed by atoms with E-state index in [0.717, 1.165) is 0 Å². The summed E-state index contributed by atoms with van der Waals surface area (Å²) in [5.41, 5.74) is -0.0160. The molecular weight excluding hydrogens is 360 g/mol. The highest BCUT2D eigenvalue weighted by Gasteiger charge is 2.43. The highest BCUT2D eigenvalue weighted by Crippen LogP contribution is 2.33. The Hall–Kier alpha value is -0.820. The van der Waals surface area contributed by atoms with E-state index in [4.69, 9.17) is 11.6 Å². The summed E-state index contributed by atoms with van der Waals surface area (Å²) in [5, 5.41) is 0.124. The lowest BCUT2D eigenvalue weighted by Crippen LogP contribution is -2.44. The molecule has 1 aromatic rings. The van der Waals surface area contributed by atoms with Crippen molar-refractivity contribution in [1.82, 2.24) is 9.88 Å². The third-order valence-corrected chi connectivity index (χ3v) is 3.90. The van der Waals surface area contributed by atoms with E-state index in [-0.39, 0.29) is 23.7 Å². The molecule has 0 saturated carbocycles. The Bertz CT molecular complexity index is 524. The van der Waals surface area contributed by atoms with Crippen molar-refractivity contribution in [2.24, 2.45) is 5.92 Å². The molecule has 1 amide bonds. The fourth-order valence-corrected chi connectivity index (χ4v) is 2.86. The minimum atomic E-state index is -4.28. The van der Waals surface area contributed by atoms with Gasteiger partial charge in [0.05, 0.1) is 10.9 Å². The van der Waals surface area contributed by atoms with Gasteiger partial charge >= 0.3 is 6.18 Å². The minimum Gasteiger partial charge on any atom is -0.337 e. The lowest BCUT2D eigenvalue weighted by Gasteiger charge is -2.33. The van der Waals surface area contributed by atoms with Crippen LogP contribution in [0.5, 0.6) is 0 Å². The highest BCUT2D eigenvalue weighted by molar-refractivity contribution is 9.10. The molecule has 0 N–H and O–H groups in total. The Morgan fingerprint density at radius 3 is 2.80 bits per heavy atom. The molecule has 1 aliphatic heterocycles. The lowest BCUT2D eigenvalue weighted by molar-refractivity contribution is -0.184. The molecule has 1 aliphatic rings. The zero-order chi connectivity index (χ0) is 14.9. The van der Waals surface area contributed by atoms with Crippen LogP contribution in [0.3, 0.4) is 0 Å². The van der Waals surface area contributed by atoms with Crippen LogP contribution in [0.2, 0.25) is 5.02 Å². The summed E-state index contributed by atoms with van der Waals surface area (Å²) in [7, 11) is 0. The first-order chi connectivity index (χ1) is 9.29. The number of hydrogen-bond acceptors (Lipinski definition) is 2. The van der Waals surface area contributed by atoms with Crippen molar-refractivity contribution in [3.05, 3.63) is 27.5 Å². The number of alkyl halides is 3. The van der Waals surface area contributed by atoms with Crippen molar-refractivity contribution in [1.29, 1.82) is 0 Å². The predicted molar refractivity (Wildman–Crippen MR) is 71.6 cm³/mol. The number of likely N-dealkylation sites (tertiary alicyclic amines) is 1. The van der Waals surface area contributed by atoms with Gasteiger partial charge in [-0.15, -0.1) is 0 Å². The van der Waals surface area contributed by atoms with E-state index in [2.05, 4.69) is 20.9 Å². The van der Waals surface area contributed by atoms with Gasteiger partial charge in [-0.3, -0.25) is 4.79 Å². The molecule has 1 fully saturated rings. The van der Waals surface area contributed by atoms with Crippen LogP contribution in [-0.2, 0) is 0 Å². The topological polar surface area (TPSA) is 33.2 Å². The predicted octanol–water partition coefficient (Wildman–Crippen LogP) is 3.91. The molecule has 0 aliphatic carbocycles. The van der Waals surface area contributed by atoms with Crippen LogP contribution < -0.4 is 0 Å². The minimum absolute atomic E-state index is 0.0160. The third kappa shape index (κ3) is 3.44. The number of pyridine rings is 1. The van der Waals surface area contributed by atoms with Gasteiger partial charge < -0.3 is 4.90 Å². The summed E-state index contributed by atoms with van der Waals surface area (Å²) in [6.45, 7) is -0.0457. The number of carbonyl (C=O) groups excluding carboxylic acids is 1. The average molecular weight is 372 g/mol. The Kier molecular flexibility index (Phi) is 4.59. The zero-order valence-electron chi connectivity index (χ0n) is 10.3. The molecule has 20 heavy (non-hydrogen) atoms. The van der Waals surface area contributed by atoms with E-state index in [1.54, 1.807) is 0 Å². The van der Waals surface area contributed by atoms with E-state index in [9.17, 15) is 18.0 Å². The van der Waals surface area contributed by atoms with E-state index in [0.29, 0.717) is 17.4 Å². The number of piperidine rings is 1. The summed E-state index contributed by atoms with van der Waals surface area (Å²) in [5.74, 6) is -2.04.